The normalized spacial score (nSPS) is 10.7. The van der Waals surface area contributed by atoms with Crippen molar-refractivity contribution in [3.05, 3.63) is 48.7 Å². The first-order valence-electron chi connectivity index (χ1n) is 5.40. The zero-order valence-electron chi connectivity index (χ0n) is 9.59. The number of rotatable bonds is 3. The van der Waals surface area contributed by atoms with Crippen LogP contribution in [0, 0.1) is 0 Å². The van der Waals surface area contributed by atoms with Crippen molar-refractivity contribution >= 4 is 23.4 Å². The number of fused-ring (bicyclic) bond motifs is 1. The summed E-state index contributed by atoms with van der Waals surface area (Å²) in [7, 11) is 0. The van der Waals surface area contributed by atoms with Crippen molar-refractivity contribution < 1.29 is 9.90 Å². The van der Waals surface area contributed by atoms with Crippen molar-refractivity contribution in [3.63, 3.8) is 0 Å². The number of hydrogen-bond donors (Lipinski definition) is 1. The van der Waals surface area contributed by atoms with E-state index >= 15 is 0 Å². The first kappa shape index (κ1) is 11.7. The van der Waals surface area contributed by atoms with E-state index in [9.17, 15) is 9.90 Å². The molecule has 3 heterocycles. The predicted octanol–water partition coefficient (Wildman–Crippen LogP) is 1.97. The Bertz CT molecular complexity index is 742. The third kappa shape index (κ3) is 2.15. The molecule has 1 N–H and O–H groups in total. The van der Waals surface area contributed by atoms with Crippen LogP contribution in [0.1, 0.15) is 10.5 Å². The fraction of sp³-hybridized carbons (Fsp3) is 0. The molecule has 0 spiro atoms. The molecule has 0 saturated heterocycles. The van der Waals surface area contributed by atoms with Crippen LogP contribution in [-0.2, 0) is 0 Å². The Balaban J connectivity index is 2.13. The number of aromatic nitrogens is 4. The zero-order valence-corrected chi connectivity index (χ0v) is 10.4. The monoisotopic (exact) mass is 272 g/mol. The molecule has 0 bridgehead atoms. The van der Waals surface area contributed by atoms with Gasteiger partial charge in [-0.1, -0.05) is 6.07 Å². The van der Waals surface area contributed by atoms with Crippen LogP contribution in [0.2, 0.25) is 0 Å². The van der Waals surface area contributed by atoms with Gasteiger partial charge in [0.25, 0.3) is 0 Å². The van der Waals surface area contributed by atoms with Crippen LogP contribution >= 0.6 is 11.8 Å². The van der Waals surface area contributed by atoms with Gasteiger partial charge in [0.15, 0.2) is 5.69 Å². The summed E-state index contributed by atoms with van der Waals surface area (Å²) < 4.78 is 1.54. The lowest BCUT2D eigenvalue weighted by molar-refractivity contribution is 0.0685. The van der Waals surface area contributed by atoms with Gasteiger partial charge in [-0.25, -0.2) is 14.8 Å². The van der Waals surface area contributed by atoms with Gasteiger partial charge in [0.2, 0.25) is 0 Å². The Morgan fingerprint density at radius 2 is 2.21 bits per heavy atom. The van der Waals surface area contributed by atoms with Gasteiger partial charge in [0, 0.05) is 18.6 Å². The number of imidazole rings is 1. The van der Waals surface area contributed by atoms with Crippen LogP contribution in [0.25, 0.3) is 5.65 Å². The number of carboxylic acids is 1. The number of hydrogen-bond acceptors (Lipinski definition) is 5. The third-order valence-corrected chi connectivity index (χ3v) is 3.34. The van der Waals surface area contributed by atoms with E-state index in [2.05, 4.69) is 15.0 Å². The molecule has 0 radical (unpaired) electrons. The maximum atomic E-state index is 11.4. The number of carboxylic acid groups (broad SMARTS) is 1. The van der Waals surface area contributed by atoms with Gasteiger partial charge < -0.3 is 5.11 Å². The average molecular weight is 272 g/mol. The molecule has 0 aliphatic rings. The van der Waals surface area contributed by atoms with E-state index in [1.54, 1.807) is 41.3 Å². The Labute approximate surface area is 112 Å². The second kappa shape index (κ2) is 4.69. The van der Waals surface area contributed by atoms with Gasteiger partial charge in [-0.15, -0.1) is 0 Å². The highest BCUT2D eigenvalue weighted by Gasteiger charge is 2.19. The highest BCUT2D eigenvalue weighted by atomic mass is 32.2. The topological polar surface area (TPSA) is 80.4 Å². The lowest BCUT2D eigenvalue weighted by Crippen LogP contribution is -2.02. The molecule has 7 heteroatoms. The molecule has 0 amide bonds. The Morgan fingerprint density at radius 3 is 2.95 bits per heavy atom. The largest absolute Gasteiger partial charge is 0.476 e. The highest BCUT2D eigenvalue weighted by Crippen LogP contribution is 2.28. The molecule has 94 valence electrons. The quantitative estimate of drug-likeness (QED) is 0.785. The molecular formula is C12H8N4O2S. The molecule has 3 aromatic heterocycles. The lowest BCUT2D eigenvalue weighted by Gasteiger charge is -1.98. The van der Waals surface area contributed by atoms with E-state index < -0.39 is 5.97 Å². The van der Waals surface area contributed by atoms with Gasteiger partial charge in [-0.05, 0) is 23.9 Å². The van der Waals surface area contributed by atoms with Crippen molar-refractivity contribution in [2.45, 2.75) is 10.1 Å². The SMILES string of the molecule is O=C(O)c1c(Sc2cnccn2)nc2ccccn12. The molecule has 19 heavy (non-hydrogen) atoms. The van der Waals surface area contributed by atoms with Crippen LogP contribution in [0.3, 0.4) is 0 Å². The molecule has 0 atom stereocenters. The Hall–Kier alpha value is -2.41. The van der Waals surface area contributed by atoms with Crippen LogP contribution in [-0.4, -0.2) is 30.4 Å². The third-order valence-electron chi connectivity index (χ3n) is 2.44. The minimum atomic E-state index is -1.02. The summed E-state index contributed by atoms with van der Waals surface area (Å²) in [6, 6.07) is 5.33. The van der Waals surface area contributed by atoms with E-state index in [4.69, 9.17) is 0 Å². The smallest absolute Gasteiger partial charge is 0.355 e. The zero-order chi connectivity index (χ0) is 13.2. The maximum absolute atomic E-state index is 11.4. The minimum absolute atomic E-state index is 0.131. The summed E-state index contributed by atoms with van der Waals surface area (Å²) in [5.41, 5.74) is 0.720. The van der Waals surface area contributed by atoms with Crippen LogP contribution in [0.15, 0.2) is 53.0 Å². The predicted molar refractivity (Wildman–Crippen MR) is 68.3 cm³/mol. The Morgan fingerprint density at radius 1 is 1.32 bits per heavy atom. The lowest BCUT2D eigenvalue weighted by atomic mass is 10.4. The summed E-state index contributed by atoms with van der Waals surface area (Å²) in [6.07, 6.45) is 6.36. The van der Waals surface area contributed by atoms with E-state index in [1.165, 1.54) is 11.8 Å². The first-order chi connectivity index (χ1) is 9.25. The van der Waals surface area contributed by atoms with E-state index in [-0.39, 0.29) is 5.69 Å². The summed E-state index contributed by atoms with van der Waals surface area (Å²) in [6.45, 7) is 0. The average Bonchev–Trinajstić information content (AvgIpc) is 2.77. The number of nitrogens with zero attached hydrogens (tertiary/aromatic N) is 4. The fourth-order valence-corrected chi connectivity index (χ4v) is 2.52. The molecule has 3 rings (SSSR count). The fourth-order valence-electron chi connectivity index (χ4n) is 1.68. The number of aromatic carboxylic acids is 1. The molecule has 0 aromatic carbocycles. The second-order valence-corrected chi connectivity index (χ2v) is 4.65. The van der Waals surface area contributed by atoms with Gasteiger partial charge in [0.1, 0.15) is 15.7 Å². The summed E-state index contributed by atoms with van der Waals surface area (Å²) in [5.74, 6) is -1.02. The first-order valence-corrected chi connectivity index (χ1v) is 6.21. The molecule has 0 fully saturated rings. The van der Waals surface area contributed by atoms with Gasteiger partial charge >= 0.3 is 5.97 Å². The van der Waals surface area contributed by atoms with Crippen molar-refractivity contribution in [3.8, 4) is 0 Å². The van der Waals surface area contributed by atoms with Gasteiger partial charge in [-0.2, -0.15) is 0 Å². The molecule has 0 saturated carbocycles. The summed E-state index contributed by atoms with van der Waals surface area (Å²) in [5, 5.41) is 10.3. The van der Waals surface area contributed by atoms with E-state index in [0.717, 1.165) is 0 Å². The molecular weight excluding hydrogens is 264 g/mol. The molecule has 6 nitrogen and oxygen atoms in total. The van der Waals surface area contributed by atoms with Crippen molar-refractivity contribution in [2.24, 2.45) is 0 Å². The molecule has 3 aromatic rings. The standard InChI is InChI=1S/C12H8N4O2S/c17-12(18)10-11(19-9-7-13-4-5-14-9)15-8-3-1-2-6-16(8)10/h1-7H,(H,17,18). The van der Waals surface area contributed by atoms with Crippen LogP contribution in [0.4, 0.5) is 0 Å². The van der Waals surface area contributed by atoms with E-state index in [1.807, 2.05) is 6.07 Å². The highest BCUT2D eigenvalue weighted by molar-refractivity contribution is 7.99. The Kier molecular flexibility index (Phi) is 2.88. The van der Waals surface area contributed by atoms with E-state index in [0.29, 0.717) is 15.7 Å². The van der Waals surface area contributed by atoms with Gasteiger partial charge in [0.05, 0.1) is 6.20 Å². The van der Waals surface area contributed by atoms with Crippen molar-refractivity contribution in [2.75, 3.05) is 0 Å². The van der Waals surface area contributed by atoms with Crippen molar-refractivity contribution in [1.82, 2.24) is 19.4 Å². The summed E-state index contributed by atoms with van der Waals surface area (Å²) >= 11 is 1.18. The van der Waals surface area contributed by atoms with Gasteiger partial charge in [-0.3, -0.25) is 9.38 Å². The second-order valence-electron chi connectivity index (χ2n) is 3.65. The number of carbonyl (C=O) groups is 1. The maximum Gasteiger partial charge on any atom is 0.355 e. The van der Waals surface area contributed by atoms with Crippen LogP contribution < -0.4 is 0 Å². The summed E-state index contributed by atoms with van der Waals surface area (Å²) in [4.78, 5) is 23.7. The number of pyridine rings is 1. The molecule has 0 aliphatic heterocycles. The van der Waals surface area contributed by atoms with Crippen molar-refractivity contribution in [1.29, 1.82) is 0 Å². The van der Waals surface area contributed by atoms with Crippen LogP contribution in [0.5, 0.6) is 0 Å². The molecule has 0 unspecified atom stereocenters. The molecule has 0 aliphatic carbocycles. The minimum Gasteiger partial charge on any atom is -0.476 e.